The Bertz CT molecular complexity index is 1040. The highest BCUT2D eigenvalue weighted by Crippen LogP contribution is 2.29. The smallest absolute Gasteiger partial charge is 0.268 e. The van der Waals surface area contributed by atoms with Gasteiger partial charge >= 0.3 is 0 Å². The van der Waals surface area contributed by atoms with Gasteiger partial charge in [0, 0.05) is 19.0 Å². The number of hydrogen-bond donors (Lipinski definition) is 1. The minimum Gasteiger partial charge on any atom is -0.496 e. The first-order chi connectivity index (χ1) is 13.8. The van der Waals surface area contributed by atoms with Crippen molar-refractivity contribution in [3.8, 4) is 11.8 Å². The summed E-state index contributed by atoms with van der Waals surface area (Å²) in [7, 11) is 2.98. The van der Waals surface area contributed by atoms with Gasteiger partial charge in [-0.3, -0.25) is 9.59 Å². The standard InChI is InChI=1S/C22H20FN3O3/c1-22(12-14-7-9-16(23)10-8-14)21(28)26(2)18(20(27)25-22)11-17-15(13-24)5-4-6-19(17)29-3/h4-11H,12H2,1-3H3,(H,25,27). The van der Waals surface area contributed by atoms with Gasteiger partial charge in [-0.05, 0) is 42.8 Å². The van der Waals surface area contributed by atoms with Crippen LogP contribution in [0.2, 0.25) is 0 Å². The molecule has 1 heterocycles. The van der Waals surface area contributed by atoms with Crippen LogP contribution in [0.1, 0.15) is 23.6 Å². The van der Waals surface area contributed by atoms with Gasteiger partial charge in [-0.25, -0.2) is 4.39 Å². The monoisotopic (exact) mass is 393 g/mol. The van der Waals surface area contributed by atoms with Gasteiger partial charge in [0.05, 0.1) is 18.7 Å². The van der Waals surface area contributed by atoms with Crippen LogP contribution in [0.4, 0.5) is 4.39 Å². The summed E-state index contributed by atoms with van der Waals surface area (Å²) in [4.78, 5) is 27.2. The molecule has 2 amide bonds. The Hall–Kier alpha value is -3.66. The molecule has 0 spiro atoms. The highest BCUT2D eigenvalue weighted by Gasteiger charge is 2.44. The highest BCUT2D eigenvalue weighted by atomic mass is 19.1. The van der Waals surface area contributed by atoms with E-state index in [4.69, 9.17) is 4.74 Å². The molecule has 148 valence electrons. The van der Waals surface area contributed by atoms with Crippen LogP contribution < -0.4 is 10.1 Å². The zero-order valence-corrected chi connectivity index (χ0v) is 16.3. The Labute approximate surface area is 168 Å². The van der Waals surface area contributed by atoms with Crippen LogP contribution in [0.3, 0.4) is 0 Å². The number of hydrogen-bond acceptors (Lipinski definition) is 4. The summed E-state index contributed by atoms with van der Waals surface area (Å²) in [6, 6.07) is 12.8. The Kier molecular flexibility index (Phi) is 5.37. The minimum atomic E-state index is -1.18. The van der Waals surface area contributed by atoms with Crippen molar-refractivity contribution in [2.24, 2.45) is 0 Å². The molecule has 0 aliphatic carbocycles. The molecule has 6 nitrogen and oxygen atoms in total. The quantitative estimate of drug-likeness (QED) is 0.810. The Balaban J connectivity index is 1.96. The van der Waals surface area contributed by atoms with E-state index in [2.05, 4.69) is 11.4 Å². The molecule has 2 aromatic carbocycles. The van der Waals surface area contributed by atoms with Crippen LogP contribution >= 0.6 is 0 Å². The number of carbonyl (C=O) groups is 2. The number of methoxy groups -OCH3 is 1. The van der Waals surface area contributed by atoms with Crippen molar-refractivity contribution in [3.63, 3.8) is 0 Å². The lowest BCUT2D eigenvalue weighted by Gasteiger charge is -2.39. The molecule has 7 heteroatoms. The van der Waals surface area contributed by atoms with E-state index >= 15 is 0 Å². The van der Waals surface area contributed by atoms with Gasteiger partial charge < -0.3 is 15.0 Å². The first kappa shape index (κ1) is 20.1. The van der Waals surface area contributed by atoms with Crippen LogP contribution in [0.5, 0.6) is 5.75 Å². The molecule has 1 unspecified atom stereocenters. The molecular weight excluding hydrogens is 373 g/mol. The number of halogens is 1. The molecular formula is C22H20FN3O3. The number of amides is 2. The molecule has 2 aromatic rings. The third kappa shape index (κ3) is 3.83. The van der Waals surface area contributed by atoms with E-state index in [0.29, 0.717) is 16.9 Å². The van der Waals surface area contributed by atoms with Crippen LogP contribution in [0, 0.1) is 17.1 Å². The van der Waals surface area contributed by atoms with E-state index in [1.807, 2.05) is 0 Å². The first-order valence-electron chi connectivity index (χ1n) is 8.93. The second-order valence-corrected chi connectivity index (χ2v) is 7.02. The van der Waals surface area contributed by atoms with Gasteiger partial charge in [0.25, 0.3) is 11.8 Å². The number of nitriles is 1. The molecule has 1 aliphatic rings. The predicted octanol–water partition coefficient (Wildman–Crippen LogP) is 2.64. The third-order valence-electron chi connectivity index (χ3n) is 4.92. The van der Waals surface area contributed by atoms with Crippen molar-refractivity contribution in [1.82, 2.24) is 10.2 Å². The van der Waals surface area contributed by atoms with E-state index in [1.54, 1.807) is 37.3 Å². The van der Waals surface area contributed by atoms with Crippen LogP contribution in [0.25, 0.3) is 6.08 Å². The van der Waals surface area contributed by atoms with Crippen LogP contribution in [-0.2, 0) is 16.0 Å². The highest BCUT2D eigenvalue weighted by molar-refractivity contribution is 6.09. The summed E-state index contributed by atoms with van der Waals surface area (Å²) < 4.78 is 18.5. The van der Waals surface area contributed by atoms with Crippen molar-refractivity contribution >= 4 is 17.9 Å². The topological polar surface area (TPSA) is 82.4 Å². The molecule has 1 atom stereocenters. The zero-order chi connectivity index (χ0) is 21.2. The van der Waals surface area contributed by atoms with E-state index in [0.717, 1.165) is 5.56 Å². The van der Waals surface area contributed by atoms with Crippen molar-refractivity contribution < 1.29 is 18.7 Å². The van der Waals surface area contributed by atoms with Crippen molar-refractivity contribution in [3.05, 3.63) is 70.7 Å². The fourth-order valence-electron chi connectivity index (χ4n) is 3.40. The summed E-state index contributed by atoms with van der Waals surface area (Å²) >= 11 is 0. The number of piperazine rings is 1. The Morgan fingerprint density at radius 2 is 1.93 bits per heavy atom. The van der Waals surface area contributed by atoms with Crippen LogP contribution in [-0.4, -0.2) is 36.4 Å². The number of ether oxygens (including phenoxy) is 1. The third-order valence-corrected chi connectivity index (χ3v) is 4.92. The average molecular weight is 393 g/mol. The molecule has 3 rings (SSSR count). The number of rotatable bonds is 4. The van der Waals surface area contributed by atoms with Gasteiger partial charge in [0.15, 0.2) is 0 Å². The number of carbonyl (C=O) groups excluding carboxylic acids is 2. The molecule has 1 N–H and O–H groups in total. The molecule has 29 heavy (non-hydrogen) atoms. The zero-order valence-electron chi connectivity index (χ0n) is 16.3. The number of nitrogens with one attached hydrogen (secondary N) is 1. The van der Waals surface area contributed by atoms with Gasteiger partial charge in [0.2, 0.25) is 0 Å². The predicted molar refractivity (Wildman–Crippen MR) is 105 cm³/mol. The number of nitrogens with zero attached hydrogens (tertiary/aromatic N) is 2. The van der Waals surface area contributed by atoms with Gasteiger partial charge in [-0.1, -0.05) is 18.2 Å². The molecule has 1 fully saturated rings. The fraction of sp³-hybridized carbons (Fsp3) is 0.227. The van der Waals surface area contributed by atoms with Crippen molar-refractivity contribution in [2.45, 2.75) is 18.9 Å². The van der Waals surface area contributed by atoms with Crippen molar-refractivity contribution in [1.29, 1.82) is 5.26 Å². The fourth-order valence-corrected chi connectivity index (χ4v) is 3.40. The summed E-state index contributed by atoms with van der Waals surface area (Å²) in [6.45, 7) is 1.63. The second-order valence-electron chi connectivity index (χ2n) is 7.02. The van der Waals surface area contributed by atoms with Crippen LogP contribution in [0.15, 0.2) is 48.2 Å². The summed E-state index contributed by atoms with van der Waals surface area (Å²) in [5.41, 5.74) is 0.391. The second kappa shape index (κ2) is 7.76. The first-order valence-corrected chi connectivity index (χ1v) is 8.93. The Morgan fingerprint density at radius 1 is 1.24 bits per heavy atom. The van der Waals surface area contributed by atoms with E-state index < -0.39 is 11.4 Å². The molecule has 0 aromatic heterocycles. The maximum absolute atomic E-state index is 13.2. The molecule has 1 saturated heterocycles. The van der Waals surface area contributed by atoms with E-state index in [1.165, 1.54) is 37.3 Å². The maximum Gasteiger partial charge on any atom is 0.268 e. The number of likely N-dealkylation sites (N-methyl/N-ethyl adjacent to an activating group) is 1. The maximum atomic E-state index is 13.2. The summed E-state index contributed by atoms with van der Waals surface area (Å²) in [6.07, 6.45) is 1.69. The van der Waals surface area contributed by atoms with Crippen molar-refractivity contribution in [2.75, 3.05) is 14.2 Å². The lowest BCUT2D eigenvalue weighted by molar-refractivity contribution is -0.143. The molecule has 0 saturated carbocycles. The Morgan fingerprint density at radius 3 is 2.55 bits per heavy atom. The largest absolute Gasteiger partial charge is 0.496 e. The van der Waals surface area contributed by atoms with E-state index in [9.17, 15) is 19.2 Å². The van der Waals surface area contributed by atoms with Gasteiger partial charge in [-0.15, -0.1) is 0 Å². The molecule has 0 bridgehead atoms. The van der Waals surface area contributed by atoms with E-state index in [-0.39, 0.29) is 23.8 Å². The minimum absolute atomic E-state index is 0.104. The lowest BCUT2D eigenvalue weighted by Crippen LogP contribution is -2.64. The lowest BCUT2D eigenvalue weighted by atomic mass is 9.88. The molecule has 1 aliphatic heterocycles. The van der Waals surface area contributed by atoms with Gasteiger partial charge in [-0.2, -0.15) is 5.26 Å². The average Bonchev–Trinajstić information content (AvgIpc) is 2.71. The normalized spacial score (nSPS) is 20.4. The van der Waals surface area contributed by atoms with Gasteiger partial charge in [0.1, 0.15) is 22.8 Å². The molecule has 0 radical (unpaired) electrons. The summed E-state index contributed by atoms with van der Waals surface area (Å²) in [5, 5.41) is 12.1. The summed E-state index contributed by atoms with van der Waals surface area (Å²) in [5.74, 6) is -0.720. The SMILES string of the molecule is COc1cccc(C#N)c1C=C1C(=O)NC(C)(Cc2ccc(F)cc2)C(=O)N1C. The number of benzene rings is 2.